The van der Waals surface area contributed by atoms with Crippen LogP contribution in [0.3, 0.4) is 0 Å². The molecule has 0 saturated carbocycles. The molecule has 2 N–H and O–H groups in total. The number of nitrogens with one attached hydrogen (secondary N) is 2. The minimum absolute atomic E-state index is 0.316. The maximum absolute atomic E-state index is 12.6. The van der Waals surface area contributed by atoms with Crippen LogP contribution >= 0.6 is 11.6 Å². The van der Waals surface area contributed by atoms with E-state index in [2.05, 4.69) is 10.6 Å². The average molecular weight is 425 g/mol. The summed E-state index contributed by atoms with van der Waals surface area (Å²) in [5.74, 6) is 0.560. The lowest BCUT2D eigenvalue weighted by Crippen LogP contribution is -2.30. The minimum atomic E-state index is -0.750. The average Bonchev–Trinajstić information content (AvgIpc) is 2.76. The first-order valence-corrected chi connectivity index (χ1v) is 9.61. The van der Waals surface area contributed by atoms with Crippen LogP contribution in [0.1, 0.15) is 17.3 Å². The Balaban J connectivity index is 1.67. The Morgan fingerprint density at radius 3 is 2.27 bits per heavy atom. The molecule has 6 nitrogen and oxygen atoms in total. The first-order chi connectivity index (χ1) is 14.5. The summed E-state index contributed by atoms with van der Waals surface area (Å²) < 4.78 is 10.7. The van der Waals surface area contributed by atoms with Crippen LogP contribution in [0.2, 0.25) is 5.02 Å². The summed E-state index contributed by atoms with van der Waals surface area (Å²) in [6.45, 7) is 1.64. The molecular weight excluding hydrogens is 404 g/mol. The number of benzene rings is 3. The van der Waals surface area contributed by atoms with E-state index in [0.29, 0.717) is 33.5 Å². The second-order valence-electron chi connectivity index (χ2n) is 6.44. The van der Waals surface area contributed by atoms with Crippen molar-refractivity contribution in [2.45, 2.75) is 13.0 Å². The topological polar surface area (TPSA) is 76.7 Å². The molecule has 154 valence electrons. The van der Waals surface area contributed by atoms with Crippen LogP contribution in [-0.4, -0.2) is 25.0 Å². The number of hydrogen-bond acceptors (Lipinski definition) is 4. The van der Waals surface area contributed by atoms with Gasteiger partial charge in [-0.15, -0.1) is 0 Å². The van der Waals surface area contributed by atoms with E-state index in [0.717, 1.165) is 0 Å². The van der Waals surface area contributed by atoms with Crippen molar-refractivity contribution in [1.82, 2.24) is 0 Å². The van der Waals surface area contributed by atoms with E-state index in [1.807, 2.05) is 18.2 Å². The Bertz CT molecular complexity index is 1020. The fourth-order valence-electron chi connectivity index (χ4n) is 2.63. The Hall–Kier alpha value is -3.51. The summed E-state index contributed by atoms with van der Waals surface area (Å²) in [6, 6.07) is 20.7. The number of ether oxygens (including phenoxy) is 2. The van der Waals surface area contributed by atoms with Crippen molar-refractivity contribution in [2.24, 2.45) is 0 Å². The van der Waals surface area contributed by atoms with E-state index >= 15 is 0 Å². The Labute approximate surface area is 179 Å². The van der Waals surface area contributed by atoms with Gasteiger partial charge < -0.3 is 20.1 Å². The molecular formula is C23H21ClN2O4. The maximum atomic E-state index is 12.6. The lowest BCUT2D eigenvalue weighted by Gasteiger charge is -2.16. The van der Waals surface area contributed by atoms with Crippen molar-refractivity contribution in [3.63, 3.8) is 0 Å². The molecule has 0 bridgehead atoms. The summed E-state index contributed by atoms with van der Waals surface area (Å²) in [6.07, 6.45) is -0.750. The van der Waals surface area contributed by atoms with Gasteiger partial charge in [-0.25, -0.2) is 0 Å². The van der Waals surface area contributed by atoms with E-state index in [1.165, 1.54) is 6.07 Å². The molecule has 30 heavy (non-hydrogen) atoms. The number of hydrogen-bond donors (Lipinski definition) is 2. The van der Waals surface area contributed by atoms with Gasteiger partial charge in [-0.1, -0.05) is 29.8 Å². The van der Waals surface area contributed by atoms with Gasteiger partial charge in [0.2, 0.25) is 0 Å². The van der Waals surface area contributed by atoms with Crippen LogP contribution in [0.4, 0.5) is 11.4 Å². The smallest absolute Gasteiger partial charge is 0.265 e. The van der Waals surface area contributed by atoms with E-state index in [-0.39, 0.29) is 11.8 Å². The number of para-hydroxylation sites is 1. The minimum Gasteiger partial charge on any atom is -0.497 e. The molecule has 3 rings (SSSR count). The summed E-state index contributed by atoms with van der Waals surface area (Å²) >= 11 is 6.20. The molecule has 0 aliphatic rings. The maximum Gasteiger partial charge on any atom is 0.265 e. The second-order valence-corrected chi connectivity index (χ2v) is 6.85. The monoisotopic (exact) mass is 424 g/mol. The van der Waals surface area contributed by atoms with Gasteiger partial charge in [0.1, 0.15) is 11.5 Å². The number of rotatable bonds is 7. The van der Waals surface area contributed by atoms with Gasteiger partial charge >= 0.3 is 0 Å². The summed E-state index contributed by atoms with van der Waals surface area (Å²) in [5.41, 5.74) is 1.29. The lowest BCUT2D eigenvalue weighted by molar-refractivity contribution is -0.122. The number of halogens is 1. The van der Waals surface area contributed by atoms with Crippen molar-refractivity contribution < 1.29 is 19.1 Å². The van der Waals surface area contributed by atoms with Crippen molar-refractivity contribution in [1.29, 1.82) is 0 Å². The molecule has 1 atom stereocenters. The fourth-order valence-corrected chi connectivity index (χ4v) is 2.80. The van der Waals surface area contributed by atoms with Crippen LogP contribution in [0.15, 0.2) is 72.8 Å². The Kier molecular flexibility index (Phi) is 6.93. The van der Waals surface area contributed by atoms with Gasteiger partial charge in [-0.05, 0) is 61.5 Å². The summed E-state index contributed by atoms with van der Waals surface area (Å²) in [4.78, 5) is 25.1. The Morgan fingerprint density at radius 1 is 0.900 bits per heavy atom. The zero-order chi connectivity index (χ0) is 21.5. The third-order valence-electron chi connectivity index (χ3n) is 4.26. The number of carbonyl (C=O) groups excluding carboxylic acids is 2. The molecule has 0 unspecified atom stereocenters. The molecule has 0 saturated heterocycles. The van der Waals surface area contributed by atoms with E-state index in [1.54, 1.807) is 62.6 Å². The van der Waals surface area contributed by atoms with Crippen molar-refractivity contribution >= 4 is 34.8 Å². The molecule has 0 aliphatic carbocycles. The third kappa shape index (κ3) is 5.52. The normalized spacial score (nSPS) is 11.3. The van der Waals surface area contributed by atoms with Gasteiger partial charge in [0.15, 0.2) is 6.10 Å². The first-order valence-electron chi connectivity index (χ1n) is 9.24. The molecule has 0 aliphatic heterocycles. The molecule has 3 aromatic carbocycles. The number of anilines is 2. The standard InChI is InChI=1S/C23H21ClN2O4/c1-15(30-19-6-4-3-5-7-19)22(27)26-21-14-16(8-13-20(21)24)23(28)25-17-9-11-18(29-2)12-10-17/h3-15H,1-2H3,(H,25,28)(H,26,27)/t15-/m0/s1. The quantitative estimate of drug-likeness (QED) is 0.559. The summed E-state index contributed by atoms with van der Waals surface area (Å²) in [5, 5.41) is 5.82. The highest BCUT2D eigenvalue weighted by Crippen LogP contribution is 2.25. The number of amides is 2. The first kappa shape index (κ1) is 21.2. The van der Waals surface area contributed by atoms with Crippen LogP contribution in [0.5, 0.6) is 11.5 Å². The highest BCUT2D eigenvalue weighted by Gasteiger charge is 2.17. The van der Waals surface area contributed by atoms with Gasteiger partial charge in [-0.2, -0.15) is 0 Å². The highest BCUT2D eigenvalue weighted by molar-refractivity contribution is 6.34. The van der Waals surface area contributed by atoms with Crippen molar-refractivity contribution in [3.05, 3.63) is 83.4 Å². The van der Waals surface area contributed by atoms with E-state index < -0.39 is 6.10 Å². The highest BCUT2D eigenvalue weighted by atomic mass is 35.5. The predicted octanol–water partition coefficient (Wildman–Crippen LogP) is 5.01. The zero-order valence-corrected chi connectivity index (χ0v) is 17.3. The molecule has 0 spiro atoms. The zero-order valence-electron chi connectivity index (χ0n) is 16.5. The van der Waals surface area contributed by atoms with Crippen molar-refractivity contribution in [3.8, 4) is 11.5 Å². The number of carbonyl (C=O) groups is 2. The lowest BCUT2D eigenvalue weighted by atomic mass is 10.1. The molecule has 0 fully saturated rings. The van der Waals surface area contributed by atoms with E-state index in [4.69, 9.17) is 21.1 Å². The van der Waals surface area contributed by atoms with Gasteiger partial charge in [0, 0.05) is 11.3 Å². The third-order valence-corrected chi connectivity index (χ3v) is 4.59. The van der Waals surface area contributed by atoms with Crippen LogP contribution in [0.25, 0.3) is 0 Å². The van der Waals surface area contributed by atoms with Gasteiger partial charge in [-0.3, -0.25) is 9.59 Å². The number of methoxy groups -OCH3 is 1. The fraction of sp³-hybridized carbons (Fsp3) is 0.130. The molecule has 2 amide bonds. The van der Waals surface area contributed by atoms with Gasteiger partial charge in [0.05, 0.1) is 17.8 Å². The molecule has 0 heterocycles. The Morgan fingerprint density at radius 2 is 1.60 bits per heavy atom. The van der Waals surface area contributed by atoms with Crippen molar-refractivity contribution in [2.75, 3.05) is 17.7 Å². The molecule has 3 aromatic rings. The van der Waals surface area contributed by atoms with Crippen LogP contribution in [-0.2, 0) is 4.79 Å². The van der Waals surface area contributed by atoms with Crippen LogP contribution in [0, 0.1) is 0 Å². The molecule has 7 heteroatoms. The molecule has 0 aromatic heterocycles. The predicted molar refractivity (Wildman–Crippen MR) is 118 cm³/mol. The second kappa shape index (κ2) is 9.80. The SMILES string of the molecule is COc1ccc(NC(=O)c2ccc(Cl)c(NC(=O)[C@H](C)Oc3ccccc3)c2)cc1. The van der Waals surface area contributed by atoms with Gasteiger partial charge in [0.25, 0.3) is 11.8 Å². The largest absolute Gasteiger partial charge is 0.497 e. The van der Waals surface area contributed by atoms with Crippen LogP contribution < -0.4 is 20.1 Å². The summed E-state index contributed by atoms with van der Waals surface area (Å²) in [7, 11) is 1.57. The molecule has 0 radical (unpaired) electrons. The van der Waals surface area contributed by atoms with E-state index in [9.17, 15) is 9.59 Å².